The van der Waals surface area contributed by atoms with Crippen LogP contribution in [0.2, 0.25) is 0 Å². The Morgan fingerprint density at radius 3 is 1.41 bits per heavy atom. The van der Waals surface area contributed by atoms with Crippen LogP contribution in [0.15, 0.2) is 132 Å². The zero-order valence-corrected chi connectivity index (χ0v) is 83.1. The number of carbonyl (C=O) groups excluding carboxylic acids is 5. The topological polar surface area (TPSA) is 284 Å². The molecule has 6 fully saturated rings. The second-order valence-corrected chi connectivity index (χ2v) is 39.5. The minimum absolute atomic E-state index is 0. The lowest BCUT2D eigenvalue weighted by Gasteiger charge is -2.35. The van der Waals surface area contributed by atoms with E-state index in [-0.39, 0.29) is 139 Å². The number of anilines is 2. The number of nitrogens with zero attached hydrogens (tertiary/aromatic N) is 12. The number of benzene rings is 4. The summed E-state index contributed by atoms with van der Waals surface area (Å²) in [6.45, 7) is 32.7. The Morgan fingerprint density at radius 2 is 1.00 bits per heavy atom. The van der Waals surface area contributed by atoms with Gasteiger partial charge in [0, 0.05) is 163 Å². The predicted octanol–water partition coefficient (Wildman–Crippen LogP) is 15.3. The molecule has 0 spiro atoms. The van der Waals surface area contributed by atoms with E-state index >= 15 is 0 Å². The fraction of sp³-hybridized carbons (Fsp3) is 0.495. The minimum Gasteiger partial charge on any atom is -0.481 e. The molecule has 18 rings (SSSR count). The van der Waals surface area contributed by atoms with Crippen molar-refractivity contribution in [1.29, 1.82) is 0 Å². The van der Waals surface area contributed by atoms with E-state index in [1.807, 2.05) is 48.5 Å². The smallest absolute Gasteiger partial charge is 0.324 e. The molecule has 0 radical (unpaired) electrons. The first kappa shape index (κ1) is 101. The summed E-state index contributed by atoms with van der Waals surface area (Å²) in [6, 6.07) is 35.0. The van der Waals surface area contributed by atoms with Crippen LogP contribution >= 0.6 is 76.7 Å². The number of aromatic nitrogens is 6. The molecule has 131 heavy (non-hydrogen) atoms. The van der Waals surface area contributed by atoms with Gasteiger partial charge in [-0.3, -0.25) is 53.1 Å². The quantitative estimate of drug-likeness (QED) is 0.0671. The molecule has 2 aliphatic carbocycles. The number of amides is 3. The van der Waals surface area contributed by atoms with E-state index in [1.54, 1.807) is 0 Å². The number of nitrogens with two attached hydrogens (primary N) is 1. The second kappa shape index (κ2) is 44.5. The minimum atomic E-state index is -1.00. The van der Waals surface area contributed by atoms with Crippen molar-refractivity contribution in [1.82, 2.24) is 65.1 Å². The molecule has 6 aromatic heterocycles. The number of nitrogens with one attached hydrogen (secondary N) is 3. The Morgan fingerprint density at radius 1 is 0.588 bits per heavy atom. The standard InChI is InChI=1S/C49H60N8O4S.C39H52N8O3S.C10H10O2.CH3F.4H2S/c1-7-56-42-16-15-32-22-35(42)38(45(56)37-23-33(27-50-44(37)30(2)3)55-20-18-54(6)19-21-55)26-49(4,5)29-61-48(60)39-14-11-17-57(53-39)47(59)40(25-43-51-41(32)28-62-43)52-46(58)36-24-34(36)31-12-9-8-10-13-31;1-7-46-33-11-10-25-17-27(33)29(36(46)28-18-26(21-41-35(28)24(2)3)45-15-13-44(6)14-16-45)20-39(4,5)23-50-38(49)31-9-8-12-47(43-31)37(48)30(40)19-34-42-32(25)22-51-34;11-10(12)9-6-8(9)7-4-2-1-3-5-7;1-2;;;;/h8-10,12-13,15-16,22-23,27-28,30,34,36,39-40,53H,7,11,14,17-21,24-26,29H2,1-6H3,(H,52,58);10-11,17-18,21-22,24,30-31,43H,7-9,12-16,19-20,23,40H2,1-6H3;1-5,8-9H,6H2,(H,11,12);1H3;4*1H2/t34-,36+,39+,40+;30-,31-;8-,9+;;;;;/m101...../s1/i;;;1D;;;;. The highest BCUT2D eigenvalue weighted by atomic mass is 32.1. The van der Waals surface area contributed by atoms with Crippen LogP contribution in [-0.4, -0.2) is 214 Å². The number of cyclic esters (lactones) is 2. The normalized spacial score (nSPS) is 22.2. The van der Waals surface area contributed by atoms with Crippen LogP contribution in [0.5, 0.6) is 0 Å². The number of aryl methyl sites for hydroxylation is 2. The van der Waals surface area contributed by atoms with Gasteiger partial charge in [0.15, 0.2) is 0 Å². The first-order valence-electron chi connectivity index (χ1n) is 46.0. The summed E-state index contributed by atoms with van der Waals surface area (Å²) in [5.74, 6) is -1.56. The monoisotopic (exact) mass is 1900 g/mol. The van der Waals surface area contributed by atoms with Gasteiger partial charge in [-0.15, -0.1) is 22.7 Å². The number of ether oxygens (including phenoxy) is 2. The van der Waals surface area contributed by atoms with E-state index in [2.05, 4.69) is 212 Å². The van der Waals surface area contributed by atoms with Gasteiger partial charge >= 0.3 is 17.9 Å². The van der Waals surface area contributed by atoms with E-state index in [1.165, 1.54) is 49.5 Å². The average Bonchev–Trinajstić information content (AvgIpc) is 1.58. The molecule has 3 amide bonds. The lowest BCUT2D eigenvalue weighted by Crippen LogP contribution is -2.60. The van der Waals surface area contributed by atoms with Crippen molar-refractivity contribution < 1.29 is 49.1 Å². The van der Waals surface area contributed by atoms with Crippen LogP contribution in [0.3, 0.4) is 0 Å². The molecule has 25 nitrogen and oxygen atoms in total. The Balaban J connectivity index is 0.000000216. The largest absolute Gasteiger partial charge is 0.481 e. The van der Waals surface area contributed by atoms with Crippen LogP contribution in [0.4, 0.5) is 15.8 Å². The summed E-state index contributed by atoms with van der Waals surface area (Å²) in [5.41, 5.74) is 31.7. The third-order valence-corrected chi connectivity index (χ3v) is 27.9. The molecule has 4 aromatic carbocycles. The number of pyridine rings is 2. The Hall–Kier alpha value is -8.93. The molecular weight excluding hydrogens is 1770 g/mol. The lowest BCUT2D eigenvalue weighted by molar-refractivity contribution is -0.156. The van der Waals surface area contributed by atoms with Crippen LogP contribution in [0.1, 0.15) is 176 Å². The van der Waals surface area contributed by atoms with Gasteiger partial charge < -0.3 is 54.4 Å². The van der Waals surface area contributed by atoms with E-state index in [9.17, 15) is 33.2 Å². The van der Waals surface area contributed by atoms with Crippen molar-refractivity contribution in [2.24, 2.45) is 28.4 Å². The Labute approximate surface area is 807 Å². The van der Waals surface area contributed by atoms with Gasteiger partial charge in [-0.2, -0.15) is 54.0 Å². The number of halogens is 1. The van der Waals surface area contributed by atoms with Crippen LogP contribution < -0.4 is 31.7 Å². The number of aliphatic carboxylic acids is 1. The number of piperazine rings is 2. The maximum atomic E-state index is 14.4. The maximum Gasteiger partial charge on any atom is 0.324 e. The predicted molar refractivity (Wildman–Crippen MR) is 542 cm³/mol. The third kappa shape index (κ3) is 23.4. The summed E-state index contributed by atoms with van der Waals surface area (Å²) >= 11 is 3.03. The maximum absolute atomic E-state index is 14.4. The zero-order chi connectivity index (χ0) is 90.6. The molecule has 6 N–H and O–H groups in total. The molecule has 4 saturated heterocycles. The highest BCUT2D eigenvalue weighted by Gasteiger charge is 2.47. The molecular formula is C99H133FN16O9S6. The van der Waals surface area contributed by atoms with Gasteiger partial charge in [0.2, 0.25) is 5.91 Å². The van der Waals surface area contributed by atoms with E-state index in [0.717, 1.165) is 183 Å². The van der Waals surface area contributed by atoms with Crippen molar-refractivity contribution in [3.63, 3.8) is 0 Å². The van der Waals surface area contributed by atoms with Crippen LogP contribution in [-0.2, 0) is 77.0 Å². The van der Waals surface area contributed by atoms with Gasteiger partial charge in [-0.25, -0.2) is 20.8 Å². The highest BCUT2D eigenvalue weighted by molar-refractivity contribution is 7.59. The van der Waals surface area contributed by atoms with Gasteiger partial charge in [0.1, 0.15) is 18.1 Å². The molecule has 706 valence electrons. The number of esters is 2. The van der Waals surface area contributed by atoms with Crippen molar-refractivity contribution >= 4 is 145 Å². The fourth-order valence-corrected chi connectivity index (χ4v) is 20.7. The molecule has 12 heterocycles. The first-order chi connectivity index (χ1) is 61.5. The number of alkyl halides is 1. The summed E-state index contributed by atoms with van der Waals surface area (Å²) < 4.78 is 32.6. The van der Waals surface area contributed by atoms with Crippen molar-refractivity contribution in [2.75, 3.05) is 110 Å². The third-order valence-electron chi connectivity index (χ3n) is 26.2. The van der Waals surface area contributed by atoms with Crippen molar-refractivity contribution in [2.45, 2.75) is 194 Å². The van der Waals surface area contributed by atoms with Gasteiger partial charge in [0.25, 0.3) is 11.8 Å². The second-order valence-electron chi connectivity index (χ2n) is 37.7. The number of carbonyl (C=O) groups is 6. The Kier molecular flexibility index (Phi) is 34.3. The van der Waals surface area contributed by atoms with Gasteiger partial charge in [-0.1, -0.05) is 128 Å². The molecule has 10 aromatic rings. The van der Waals surface area contributed by atoms with Crippen LogP contribution in [0.25, 0.3) is 66.8 Å². The number of carboxylic acid groups (broad SMARTS) is 1. The van der Waals surface area contributed by atoms with Crippen molar-refractivity contribution in [3.05, 3.63) is 176 Å². The fourth-order valence-electron chi connectivity index (χ4n) is 19.0. The number of rotatable bonds is 13. The zero-order valence-electron chi connectivity index (χ0n) is 78.5. The summed E-state index contributed by atoms with van der Waals surface area (Å²) in [7, 11) is 3.36. The number of hydrogen-bond donors (Lipinski definition) is 5. The summed E-state index contributed by atoms with van der Waals surface area (Å²) in [6.07, 6.45) is 10.00. The molecule has 12 bridgehead atoms. The summed E-state index contributed by atoms with van der Waals surface area (Å²) in [5, 5.41) is 22.8. The lowest BCUT2D eigenvalue weighted by atomic mass is 9.84. The molecule has 8 aliphatic rings. The number of carboxylic acids is 1. The number of likely N-dealkylation sites (N-methyl/N-ethyl adjacent to an activating group) is 2. The molecule has 2 saturated carbocycles. The first-order valence-corrected chi connectivity index (χ1v) is 47.1. The molecule has 6 aliphatic heterocycles. The molecule has 8 atom stereocenters. The van der Waals surface area contributed by atoms with Crippen LogP contribution in [0, 0.1) is 22.7 Å². The van der Waals surface area contributed by atoms with E-state index in [0.29, 0.717) is 58.0 Å². The average molecular weight is 1900 g/mol. The van der Waals surface area contributed by atoms with E-state index in [4.69, 9.17) is 41.6 Å². The van der Waals surface area contributed by atoms with Crippen molar-refractivity contribution in [3.8, 4) is 45.0 Å². The van der Waals surface area contributed by atoms with Gasteiger partial charge in [-0.05, 0) is 162 Å². The highest BCUT2D eigenvalue weighted by Crippen LogP contribution is 2.50. The van der Waals surface area contributed by atoms with Gasteiger partial charge in [0.05, 0.1) is 102 Å². The SMILES string of the molecule is CCn1c(-c2cc(N3CCN(C)CC3)cnc2C(C)C)c2c3cc(ccc31)-c1csc(n1)C[C@H](N)C(=O)N1CCC[C@H](N1)C(=O)OCC(C)(C)C2.CCn1c(-c2cc(N3CCN(C)CC3)cnc2C(C)C)c2c3cc(ccc31)-c1csc(n1)C[C@H](NC(=O)[C@H]1C[C@@H]1c1ccccc1)C(=O)N1CCC[C@H](N1)C(=O)OCC(C)(C)C2.O=C(O)[C@H]1C[C@@H]1c1ccccc1.S.S.S.S.[2H]CF. The molecule has 0 unspecified atom stereocenters. The summed E-state index contributed by atoms with van der Waals surface area (Å²) in [4.78, 5) is 110. The molecule has 32 heteroatoms. The number of hydrogen-bond acceptors (Lipinski definition) is 21. The van der Waals surface area contributed by atoms with E-state index < -0.39 is 48.1 Å². The number of thiazole rings is 2. The Bertz CT molecular complexity index is 5660. The number of fused-ring (bicyclic) bond motifs is 12. The number of hydrazine groups is 2.